The van der Waals surface area contributed by atoms with Crippen molar-refractivity contribution in [2.24, 2.45) is 0 Å². The van der Waals surface area contributed by atoms with E-state index in [-0.39, 0.29) is 49.6 Å². The first kappa shape index (κ1) is 68.2. The molecule has 0 bridgehead atoms. The predicted molar refractivity (Wildman–Crippen MR) is 97.3 cm³/mol. The summed E-state index contributed by atoms with van der Waals surface area (Å²) in [6.07, 6.45) is 0. The lowest BCUT2D eigenvalue weighted by Crippen LogP contribution is -1.38. The van der Waals surface area contributed by atoms with Gasteiger partial charge >= 0.3 is 0 Å². The zero-order valence-corrected chi connectivity index (χ0v) is 12.9. The first-order valence-corrected chi connectivity index (χ1v) is 4.00. The van der Waals surface area contributed by atoms with Crippen molar-refractivity contribution >= 4 is 112 Å². The highest BCUT2D eigenvalue weighted by Gasteiger charge is 1.07. The van der Waals surface area contributed by atoms with E-state index in [9.17, 15) is 0 Å². The Hall–Kier alpha value is 1.68. The number of halogens is 4. The summed E-state index contributed by atoms with van der Waals surface area (Å²) in [6.45, 7) is 0. The highest BCUT2D eigenvalue weighted by molar-refractivity contribution is 6.76. The molecule has 72 valence electrons. The van der Waals surface area contributed by atoms with Gasteiger partial charge < -0.3 is 0 Å². The van der Waals surface area contributed by atoms with Crippen molar-refractivity contribution in [3.63, 3.8) is 0 Å². The van der Waals surface area contributed by atoms with Gasteiger partial charge in [0, 0.05) is 0 Å². The third-order valence-corrected chi connectivity index (χ3v) is 0. The van der Waals surface area contributed by atoms with Crippen LogP contribution in [0.15, 0.2) is 0 Å². The average Bonchev–Trinajstić information content (AvgIpc) is 2.03. The second kappa shape index (κ2) is 613. The molecule has 0 fully saturated rings. The summed E-state index contributed by atoms with van der Waals surface area (Å²) in [5.74, 6) is 0. The first-order chi connectivity index (χ1) is 4.00. The Morgan fingerprint density at radius 1 is 0.250 bits per heavy atom. The van der Waals surface area contributed by atoms with Crippen LogP contribution in [0.25, 0.3) is 0 Å². The second-order valence-corrected chi connectivity index (χ2v) is 0. The van der Waals surface area contributed by atoms with E-state index in [2.05, 4.69) is 0 Å². The Labute approximate surface area is 111 Å². The Kier molecular flexibility index (Phi) is 3480. The minimum atomic E-state index is 0. The highest BCUT2D eigenvalue weighted by atomic mass is 35.5. The number of hydrogen-bond acceptors (Lipinski definition) is 0. The van der Waals surface area contributed by atoms with Gasteiger partial charge in [0.05, 0.1) is 61.9 Å². The molecule has 0 N–H and O–H groups in total. The normalized spacial score (nSPS) is 1.33. The van der Waals surface area contributed by atoms with Crippen molar-refractivity contribution in [2.75, 3.05) is 0 Å². The standard InChI is InChI=1S/4B2H4.4ClH/c4*1-2;;;;/h4*1-2H2;4*1H. The third-order valence-electron chi connectivity index (χ3n) is 0. The van der Waals surface area contributed by atoms with E-state index in [1.165, 1.54) is 0 Å². The Morgan fingerprint density at radius 2 is 0.250 bits per heavy atom. The van der Waals surface area contributed by atoms with E-state index < -0.39 is 0 Å². The number of rotatable bonds is 0. The van der Waals surface area contributed by atoms with Crippen molar-refractivity contribution < 1.29 is 0 Å². The molecule has 0 aromatic carbocycles. The molecule has 0 spiro atoms. The SMILES string of the molecule is BB.BB.BB.BB.Cl.Cl.Cl.Cl. The summed E-state index contributed by atoms with van der Waals surface area (Å²) < 4.78 is 0. The highest BCUT2D eigenvalue weighted by Crippen LogP contribution is 0.693. The lowest BCUT2D eigenvalue weighted by molar-refractivity contribution is 4.75. The van der Waals surface area contributed by atoms with E-state index in [0.717, 1.165) is 0 Å². The van der Waals surface area contributed by atoms with Crippen LogP contribution in [-0.4, -0.2) is 61.9 Å². The van der Waals surface area contributed by atoms with Gasteiger partial charge in [-0.25, -0.2) is 0 Å². The molecule has 0 saturated heterocycles. The average molecular weight is 248 g/mol. The van der Waals surface area contributed by atoms with Crippen LogP contribution < -0.4 is 0 Å². The van der Waals surface area contributed by atoms with Crippen LogP contribution in [0.4, 0.5) is 0 Å². The van der Waals surface area contributed by atoms with Crippen LogP contribution in [0.1, 0.15) is 0 Å². The Balaban J connectivity index is -0.00000000267. The summed E-state index contributed by atoms with van der Waals surface area (Å²) in [6, 6.07) is 0. The summed E-state index contributed by atoms with van der Waals surface area (Å²) in [7, 11) is 16.0. The summed E-state index contributed by atoms with van der Waals surface area (Å²) in [5.41, 5.74) is 0. The van der Waals surface area contributed by atoms with Crippen LogP contribution in [0, 0.1) is 0 Å². The van der Waals surface area contributed by atoms with E-state index in [4.69, 9.17) is 0 Å². The van der Waals surface area contributed by atoms with Gasteiger partial charge in [0.2, 0.25) is 0 Å². The van der Waals surface area contributed by atoms with Gasteiger partial charge in [0.15, 0.2) is 0 Å². The monoisotopic (exact) mass is 248 g/mol. The maximum absolute atomic E-state index is 2.00. The van der Waals surface area contributed by atoms with Crippen molar-refractivity contribution in [1.82, 2.24) is 0 Å². The zero-order chi connectivity index (χ0) is 8.00. The molecule has 0 rings (SSSR count). The molecule has 12 heteroatoms. The quantitative estimate of drug-likeness (QED) is 0.375. The van der Waals surface area contributed by atoms with Crippen LogP contribution in [-0.2, 0) is 0 Å². The molecular formula is H20B8Cl4. The van der Waals surface area contributed by atoms with Gasteiger partial charge in [0.25, 0.3) is 0 Å². The minimum Gasteiger partial charge on any atom is -0.147 e. The van der Waals surface area contributed by atoms with E-state index in [1.54, 1.807) is 0 Å². The lowest BCUT2D eigenvalue weighted by Gasteiger charge is -0.936. The van der Waals surface area contributed by atoms with Gasteiger partial charge in [-0.15, -0.1) is 49.6 Å². The molecule has 0 radical (unpaired) electrons. The van der Waals surface area contributed by atoms with Crippen molar-refractivity contribution in [3.05, 3.63) is 0 Å². The topological polar surface area (TPSA) is 0 Å². The Bertz CT molecular complexity index is 11.0. The van der Waals surface area contributed by atoms with Crippen LogP contribution in [0.3, 0.4) is 0 Å². The molecular weight excluding hydrogens is 228 g/mol. The zero-order valence-electron chi connectivity index (χ0n) is 9.63. The maximum Gasteiger partial charge on any atom is 0.0643 e. The van der Waals surface area contributed by atoms with Gasteiger partial charge in [-0.05, 0) is 0 Å². The second-order valence-electron chi connectivity index (χ2n) is 0. The molecule has 0 aliphatic rings. The Morgan fingerprint density at radius 3 is 0.250 bits per heavy atom. The van der Waals surface area contributed by atoms with Crippen LogP contribution >= 0.6 is 49.6 Å². The fraction of sp³-hybridized carbons (Fsp3) is 0. The first-order valence-electron chi connectivity index (χ1n) is 4.00. The molecule has 12 heavy (non-hydrogen) atoms. The molecule has 0 unspecified atom stereocenters. The van der Waals surface area contributed by atoms with E-state index in [0.29, 0.717) is 0 Å². The summed E-state index contributed by atoms with van der Waals surface area (Å²) in [4.78, 5) is 0. The third kappa shape index (κ3) is 472. The molecule has 0 saturated carbocycles. The molecule has 0 amide bonds. The summed E-state index contributed by atoms with van der Waals surface area (Å²) >= 11 is 0. The molecule has 0 atom stereocenters. The molecule has 0 aromatic heterocycles. The molecule has 0 aliphatic carbocycles. The van der Waals surface area contributed by atoms with Gasteiger partial charge in [-0.3, -0.25) is 0 Å². The van der Waals surface area contributed by atoms with Crippen LogP contribution in [0.2, 0.25) is 0 Å². The van der Waals surface area contributed by atoms with Crippen LogP contribution in [0.5, 0.6) is 0 Å². The predicted octanol–water partition coefficient (Wildman–Crippen LogP) is -5.64. The fourth-order valence-corrected chi connectivity index (χ4v) is 0. The van der Waals surface area contributed by atoms with Gasteiger partial charge in [-0.1, -0.05) is 0 Å². The largest absolute Gasteiger partial charge is 0.147 e. The fourth-order valence-electron chi connectivity index (χ4n) is 0. The smallest absolute Gasteiger partial charge is 0.0643 e. The van der Waals surface area contributed by atoms with Gasteiger partial charge in [-0.2, -0.15) is 0 Å². The number of hydrogen-bond donors (Lipinski definition) is 0. The van der Waals surface area contributed by atoms with Crippen molar-refractivity contribution in [3.8, 4) is 0 Å². The van der Waals surface area contributed by atoms with Crippen molar-refractivity contribution in [2.45, 2.75) is 0 Å². The maximum atomic E-state index is 2.00. The van der Waals surface area contributed by atoms with Crippen molar-refractivity contribution in [1.29, 1.82) is 0 Å². The van der Waals surface area contributed by atoms with E-state index in [1.807, 2.05) is 61.9 Å². The van der Waals surface area contributed by atoms with E-state index >= 15 is 0 Å². The lowest BCUT2D eigenvalue weighted by atomic mass is 9.81. The van der Waals surface area contributed by atoms with Gasteiger partial charge in [0.1, 0.15) is 0 Å². The summed E-state index contributed by atoms with van der Waals surface area (Å²) in [5, 5.41) is 0. The minimum absolute atomic E-state index is 0. The molecule has 0 nitrogen and oxygen atoms in total. The molecule has 0 heterocycles. The molecule has 0 aliphatic heterocycles. The molecule has 0 aromatic rings.